The number of aromatic nitrogens is 1. The molecule has 1 amide bonds. The van der Waals surface area contributed by atoms with Crippen molar-refractivity contribution in [2.24, 2.45) is 0 Å². The van der Waals surface area contributed by atoms with Crippen LogP contribution in [0, 0.1) is 0 Å². The number of carbonyl (C=O) groups excluding carboxylic acids is 1. The summed E-state index contributed by atoms with van der Waals surface area (Å²) in [6.45, 7) is 4.76. The lowest BCUT2D eigenvalue weighted by molar-refractivity contribution is 0.103. The summed E-state index contributed by atoms with van der Waals surface area (Å²) in [4.78, 5) is 18.8. The van der Waals surface area contributed by atoms with Gasteiger partial charge in [0.15, 0.2) is 5.13 Å². The van der Waals surface area contributed by atoms with Gasteiger partial charge in [0.05, 0.1) is 17.2 Å². The standard InChI is InChI=1S/C19H20N2O2S2/c1-3-6-15-17(13-8-10-14(11-9-13)23-4-2)20-19(25-15)21-18(22)16-7-5-12-24-16/h5,7-12H,3-4,6H2,1-2H3,(H,20,21,22). The van der Waals surface area contributed by atoms with Gasteiger partial charge in [-0.2, -0.15) is 0 Å². The molecular formula is C19H20N2O2S2. The average molecular weight is 373 g/mol. The van der Waals surface area contributed by atoms with Crippen LogP contribution in [0.5, 0.6) is 5.75 Å². The van der Waals surface area contributed by atoms with E-state index in [1.54, 1.807) is 11.3 Å². The molecule has 0 saturated carbocycles. The van der Waals surface area contributed by atoms with Crippen molar-refractivity contribution in [3.63, 3.8) is 0 Å². The van der Waals surface area contributed by atoms with Crippen molar-refractivity contribution in [2.45, 2.75) is 26.7 Å². The Morgan fingerprint density at radius 2 is 2.00 bits per heavy atom. The smallest absolute Gasteiger partial charge is 0.267 e. The molecule has 2 aromatic heterocycles. The number of aryl methyl sites for hydroxylation is 1. The van der Waals surface area contributed by atoms with Gasteiger partial charge in [0.2, 0.25) is 0 Å². The summed E-state index contributed by atoms with van der Waals surface area (Å²) in [7, 11) is 0. The first-order valence-corrected chi connectivity index (χ1v) is 9.98. The number of nitrogens with one attached hydrogen (secondary N) is 1. The van der Waals surface area contributed by atoms with Gasteiger partial charge in [0.1, 0.15) is 5.75 Å². The van der Waals surface area contributed by atoms with Crippen molar-refractivity contribution < 1.29 is 9.53 Å². The van der Waals surface area contributed by atoms with E-state index in [-0.39, 0.29) is 5.91 Å². The first-order valence-electron chi connectivity index (χ1n) is 8.29. The number of amides is 1. The van der Waals surface area contributed by atoms with Crippen LogP contribution in [0.2, 0.25) is 0 Å². The van der Waals surface area contributed by atoms with Crippen LogP contribution < -0.4 is 10.1 Å². The van der Waals surface area contributed by atoms with E-state index in [9.17, 15) is 4.79 Å². The van der Waals surface area contributed by atoms with Crippen molar-refractivity contribution in [2.75, 3.05) is 11.9 Å². The predicted molar refractivity (Wildman–Crippen MR) is 105 cm³/mol. The van der Waals surface area contributed by atoms with E-state index in [0.29, 0.717) is 16.6 Å². The predicted octanol–water partition coefficient (Wildman–Crippen LogP) is 5.48. The zero-order valence-corrected chi connectivity index (χ0v) is 15.9. The number of hydrogen-bond donors (Lipinski definition) is 1. The molecule has 3 aromatic rings. The molecule has 0 bridgehead atoms. The molecule has 1 aromatic carbocycles. The fourth-order valence-corrected chi connectivity index (χ4v) is 4.17. The molecule has 2 heterocycles. The van der Waals surface area contributed by atoms with Crippen LogP contribution in [0.25, 0.3) is 11.3 Å². The summed E-state index contributed by atoms with van der Waals surface area (Å²) in [6, 6.07) is 11.6. The highest BCUT2D eigenvalue weighted by Gasteiger charge is 2.15. The molecule has 0 aliphatic heterocycles. The fraction of sp³-hybridized carbons (Fsp3) is 0.263. The van der Waals surface area contributed by atoms with Gasteiger partial charge in [-0.15, -0.1) is 22.7 Å². The quantitative estimate of drug-likeness (QED) is 0.598. The Bertz CT molecular complexity index is 824. The van der Waals surface area contributed by atoms with Gasteiger partial charge in [-0.1, -0.05) is 19.4 Å². The van der Waals surface area contributed by atoms with Crippen molar-refractivity contribution in [1.29, 1.82) is 0 Å². The monoisotopic (exact) mass is 372 g/mol. The maximum Gasteiger partial charge on any atom is 0.267 e. The van der Waals surface area contributed by atoms with Crippen LogP contribution in [0.15, 0.2) is 41.8 Å². The Morgan fingerprint density at radius 1 is 1.20 bits per heavy atom. The number of thiophene rings is 1. The number of carbonyl (C=O) groups is 1. The molecule has 0 atom stereocenters. The second kappa shape index (κ2) is 8.27. The molecule has 6 heteroatoms. The zero-order chi connectivity index (χ0) is 17.6. The third-order valence-electron chi connectivity index (χ3n) is 3.58. The second-order valence-corrected chi connectivity index (χ2v) is 7.46. The second-order valence-electron chi connectivity index (χ2n) is 5.43. The number of nitrogens with zero attached hydrogens (tertiary/aromatic N) is 1. The number of thiazole rings is 1. The highest BCUT2D eigenvalue weighted by molar-refractivity contribution is 7.16. The summed E-state index contributed by atoms with van der Waals surface area (Å²) < 4.78 is 5.50. The zero-order valence-electron chi connectivity index (χ0n) is 14.2. The molecule has 25 heavy (non-hydrogen) atoms. The lowest BCUT2D eigenvalue weighted by Gasteiger charge is -2.05. The van der Waals surface area contributed by atoms with Gasteiger partial charge in [-0.25, -0.2) is 4.98 Å². The van der Waals surface area contributed by atoms with Gasteiger partial charge in [-0.05, 0) is 49.1 Å². The maximum absolute atomic E-state index is 12.3. The molecule has 0 radical (unpaired) electrons. The van der Waals surface area contributed by atoms with Crippen molar-refractivity contribution in [3.05, 3.63) is 51.5 Å². The Kier molecular flexibility index (Phi) is 5.83. The molecule has 3 rings (SSSR count). The lowest BCUT2D eigenvalue weighted by atomic mass is 10.1. The van der Waals surface area contributed by atoms with E-state index in [2.05, 4.69) is 17.2 Å². The minimum atomic E-state index is -0.106. The molecule has 0 unspecified atom stereocenters. The molecule has 0 aliphatic carbocycles. The highest BCUT2D eigenvalue weighted by atomic mass is 32.1. The van der Waals surface area contributed by atoms with Crippen LogP contribution in [0.1, 0.15) is 34.8 Å². The minimum Gasteiger partial charge on any atom is -0.494 e. The molecular weight excluding hydrogens is 352 g/mol. The van der Waals surface area contributed by atoms with Crippen LogP contribution in [0.3, 0.4) is 0 Å². The number of benzene rings is 1. The van der Waals surface area contributed by atoms with Gasteiger partial charge < -0.3 is 4.74 Å². The van der Waals surface area contributed by atoms with Crippen LogP contribution in [-0.4, -0.2) is 17.5 Å². The van der Waals surface area contributed by atoms with Gasteiger partial charge in [0, 0.05) is 10.4 Å². The summed E-state index contributed by atoms with van der Waals surface area (Å²) in [5.74, 6) is 0.745. The molecule has 130 valence electrons. The number of rotatable bonds is 7. The molecule has 0 fully saturated rings. The highest BCUT2D eigenvalue weighted by Crippen LogP contribution is 2.33. The van der Waals surface area contributed by atoms with E-state index < -0.39 is 0 Å². The Balaban J connectivity index is 1.85. The molecule has 0 aliphatic rings. The summed E-state index contributed by atoms with van der Waals surface area (Å²) in [5, 5.41) is 5.46. The Hall–Kier alpha value is -2.18. The molecule has 1 N–H and O–H groups in total. The SMILES string of the molecule is CCCc1sc(NC(=O)c2cccs2)nc1-c1ccc(OCC)cc1. The van der Waals surface area contributed by atoms with E-state index in [4.69, 9.17) is 4.74 Å². The number of hydrogen-bond acceptors (Lipinski definition) is 5. The Labute approximate surface area is 155 Å². The van der Waals surface area contributed by atoms with Crippen molar-refractivity contribution >= 4 is 33.7 Å². The van der Waals surface area contributed by atoms with Gasteiger partial charge >= 0.3 is 0 Å². The number of ether oxygens (including phenoxy) is 1. The fourth-order valence-electron chi connectivity index (χ4n) is 2.47. The largest absolute Gasteiger partial charge is 0.494 e. The van der Waals surface area contributed by atoms with Crippen LogP contribution in [0.4, 0.5) is 5.13 Å². The molecule has 0 spiro atoms. The van der Waals surface area contributed by atoms with E-state index in [1.165, 1.54) is 16.2 Å². The maximum atomic E-state index is 12.3. The topological polar surface area (TPSA) is 51.2 Å². The van der Waals surface area contributed by atoms with Crippen molar-refractivity contribution in [3.8, 4) is 17.0 Å². The summed E-state index contributed by atoms with van der Waals surface area (Å²) in [6.07, 6.45) is 1.97. The van der Waals surface area contributed by atoms with E-state index in [1.807, 2.05) is 48.7 Å². The summed E-state index contributed by atoms with van der Waals surface area (Å²) in [5.41, 5.74) is 1.98. The van der Waals surface area contributed by atoms with E-state index >= 15 is 0 Å². The van der Waals surface area contributed by atoms with Crippen LogP contribution >= 0.6 is 22.7 Å². The average Bonchev–Trinajstić information content (AvgIpc) is 3.26. The minimum absolute atomic E-state index is 0.106. The molecule has 4 nitrogen and oxygen atoms in total. The number of anilines is 1. The molecule has 0 saturated heterocycles. The van der Waals surface area contributed by atoms with Gasteiger partial charge in [-0.3, -0.25) is 10.1 Å². The Morgan fingerprint density at radius 3 is 2.64 bits per heavy atom. The third-order valence-corrected chi connectivity index (χ3v) is 5.48. The van der Waals surface area contributed by atoms with Crippen molar-refractivity contribution in [1.82, 2.24) is 4.98 Å². The van der Waals surface area contributed by atoms with E-state index in [0.717, 1.165) is 29.8 Å². The lowest BCUT2D eigenvalue weighted by Crippen LogP contribution is -2.09. The van der Waals surface area contributed by atoms with Crippen LogP contribution in [-0.2, 0) is 6.42 Å². The van der Waals surface area contributed by atoms with Gasteiger partial charge in [0.25, 0.3) is 5.91 Å². The first kappa shape index (κ1) is 17.6. The first-order chi connectivity index (χ1) is 12.2. The summed E-state index contributed by atoms with van der Waals surface area (Å²) >= 11 is 2.97. The normalized spacial score (nSPS) is 10.6. The third kappa shape index (κ3) is 4.27.